The molecule has 0 saturated carbocycles. The average molecular weight is 466 g/mol. The van der Waals surface area contributed by atoms with Crippen molar-refractivity contribution in [2.24, 2.45) is 0 Å². The van der Waals surface area contributed by atoms with Crippen LogP contribution in [0.3, 0.4) is 0 Å². The van der Waals surface area contributed by atoms with E-state index < -0.39 is 0 Å². The van der Waals surface area contributed by atoms with Crippen LogP contribution in [-0.4, -0.2) is 10.1 Å². The summed E-state index contributed by atoms with van der Waals surface area (Å²) in [7, 11) is 0. The molecular formula is C19H11BrCl2N2O3. The van der Waals surface area contributed by atoms with Gasteiger partial charge in [-0.15, -0.1) is 0 Å². The molecular weight excluding hydrogens is 455 g/mol. The van der Waals surface area contributed by atoms with Crippen LogP contribution in [0.15, 0.2) is 68.0 Å². The molecule has 2 aromatic heterocycles. The summed E-state index contributed by atoms with van der Waals surface area (Å²) in [5.74, 6) is 2.45. The van der Waals surface area contributed by atoms with Crippen LogP contribution in [0.2, 0.25) is 10.0 Å². The minimum atomic E-state index is 0.255. The maximum Gasteiger partial charge on any atom is 0.293 e. The molecule has 0 spiro atoms. The molecule has 0 aliphatic heterocycles. The van der Waals surface area contributed by atoms with Gasteiger partial charge in [0.05, 0.1) is 5.02 Å². The van der Waals surface area contributed by atoms with Gasteiger partial charge in [-0.2, -0.15) is 4.98 Å². The van der Waals surface area contributed by atoms with Gasteiger partial charge in [0.1, 0.15) is 18.1 Å². The van der Waals surface area contributed by atoms with Crippen LogP contribution in [0.25, 0.3) is 23.0 Å². The number of furan rings is 1. The van der Waals surface area contributed by atoms with Gasteiger partial charge >= 0.3 is 0 Å². The Labute approximate surface area is 173 Å². The van der Waals surface area contributed by atoms with Gasteiger partial charge in [-0.05, 0) is 54.6 Å². The van der Waals surface area contributed by atoms with E-state index in [1.54, 1.807) is 30.3 Å². The lowest BCUT2D eigenvalue weighted by atomic mass is 10.2. The summed E-state index contributed by atoms with van der Waals surface area (Å²) in [6, 6.07) is 16.2. The summed E-state index contributed by atoms with van der Waals surface area (Å²) in [6.45, 7) is 0.283. The summed E-state index contributed by atoms with van der Waals surface area (Å²) >= 11 is 15.5. The fraction of sp³-hybridized carbons (Fsp3) is 0.0526. The van der Waals surface area contributed by atoms with E-state index in [2.05, 4.69) is 26.1 Å². The van der Waals surface area contributed by atoms with E-state index in [0.29, 0.717) is 33.0 Å². The van der Waals surface area contributed by atoms with Gasteiger partial charge in [-0.25, -0.2) is 0 Å². The molecule has 0 aliphatic rings. The molecule has 8 heteroatoms. The lowest BCUT2D eigenvalue weighted by molar-refractivity contribution is 0.270. The molecule has 27 heavy (non-hydrogen) atoms. The molecule has 0 amide bonds. The van der Waals surface area contributed by atoms with Gasteiger partial charge in [0.25, 0.3) is 5.89 Å². The van der Waals surface area contributed by atoms with Crippen molar-refractivity contribution in [1.82, 2.24) is 10.1 Å². The molecule has 0 unspecified atom stereocenters. The summed E-state index contributed by atoms with van der Waals surface area (Å²) in [4.78, 5) is 4.34. The SMILES string of the molecule is Clc1ccc(-c2noc(-c3ccc(COc4ccc(Br)cc4)o3)n2)c(Cl)c1. The molecule has 0 fully saturated rings. The fourth-order valence-corrected chi connectivity index (χ4v) is 3.12. The van der Waals surface area contributed by atoms with Crippen molar-refractivity contribution in [2.45, 2.75) is 6.61 Å². The van der Waals surface area contributed by atoms with Crippen LogP contribution in [0.5, 0.6) is 5.75 Å². The number of aromatic nitrogens is 2. The minimum Gasteiger partial charge on any atom is -0.486 e. The van der Waals surface area contributed by atoms with Crippen molar-refractivity contribution >= 4 is 39.1 Å². The van der Waals surface area contributed by atoms with E-state index in [1.165, 1.54) is 0 Å². The van der Waals surface area contributed by atoms with Gasteiger partial charge in [-0.1, -0.05) is 44.3 Å². The normalized spacial score (nSPS) is 10.9. The standard InChI is InChI=1S/C19H11BrCl2N2O3/c20-11-1-4-13(5-2-11)25-10-14-6-8-17(26-14)19-23-18(24-27-19)15-7-3-12(21)9-16(15)22/h1-9H,10H2. The van der Waals surface area contributed by atoms with Gasteiger partial charge in [0.2, 0.25) is 5.82 Å². The van der Waals surface area contributed by atoms with Crippen LogP contribution in [0.4, 0.5) is 0 Å². The maximum absolute atomic E-state index is 6.18. The van der Waals surface area contributed by atoms with E-state index in [9.17, 15) is 0 Å². The lowest BCUT2D eigenvalue weighted by Gasteiger charge is -2.03. The third-order valence-electron chi connectivity index (χ3n) is 3.67. The number of hydrogen-bond acceptors (Lipinski definition) is 5. The molecule has 5 nitrogen and oxygen atoms in total. The summed E-state index contributed by atoms with van der Waals surface area (Å²) in [5, 5.41) is 4.93. The van der Waals surface area contributed by atoms with Gasteiger partial charge < -0.3 is 13.7 Å². The number of ether oxygens (including phenoxy) is 1. The highest BCUT2D eigenvalue weighted by molar-refractivity contribution is 9.10. The monoisotopic (exact) mass is 464 g/mol. The van der Waals surface area contributed by atoms with E-state index in [0.717, 1.165) is 10.2 Å². The zero-order valence-electron chi connectivity index (χ0n) is 13.7. The highest BCUT2D eigenvalue weighted by Gasteiger charge is 2.16. The lowest BCUT2D eigenvalue weighted by Crippen LogP contribution is -1.93. The van der Waals surface area contributed by atoms with Crippen LogP contribution < -0.4 is 4.74 Å². The maximum atomic E-state index is 6.18. The largest absolute Gasteiger partial charge is 0.486 e. The number of hydrogen-bond donors (Lipinski definition) is 0. The quantitative estimate of drug-likeness (QED) is 0.330. The van der Waals surface area contributed by atoms with E-state index >= 15 is 0 Å². The number of halogens is 3. The second-order valence-electron chi connectivity index (χ2n) is 5.56. The first-order valence-electron chi connectivity index (χ1n) is 7.85. The molecule has 4 rings (SSSR count). The third-order valence-corrected chi connectivity index (χ3v) is 4.74. The molecule has 136 valence electrons. The van der Waals surface area contributed by atoms with Crippen molar-refractivity contribution in [1.29, 1.82) is 0 Å². The van der Waals surface area contributed by atoms with Gasteiger partial charge in [0, 0.05) is 15.1 Å². The first kappa shape index (κ1) is 18.1. The van der Waals surface area contributed by atoms with Crippen molar-refractivity contribution in [3.05, 3.63) is 74.9 Å². The summed E-state index contributed by atoms with van der Waals surface area (Å²) in [5.41, 5.74) is 0.626. The number of rotatable bonds is 5. The predicted molar refractivity (Wildman–Crippen MR) is 106 cm³/mol. The fourth-order valence-electron chi connectivity index (χ4n) is 2.36. The topological polar surface area (TPSA) is 61.3 Å². The van der Waals surface area contributed by atoms with Crippen LogP contribution in [-0.2, 0) is 6.61 Å². The molecule has 0 saturated heterocycles. The first-order valence-corrected chi connectivity index (χ1v) is 9.40. The smallest absolute Gasteiger partial charge is 0.293 e. The predicted octanol–water partition coefficient (Wildman–Crippen LogP) is 6.64. The zero-order chi connectivity index (χ0) is 18.8. The Morgan fingerprint density at radius 1 is 1.00 bits per heavy atom. The molecule has 0 radical (unpaired) electrons. The van der Waals surface area contributed by atoms with E-state index in [-0.39, 0.29) is 12.5 Å². The van der Waals surface area contributed by atoms with Crippen molar-refractivity contribution in [3.63, 3.8) is 0 Å². The van der Waals surface area contributed by atoms with Gasteiger partial charge in [0.15, 0.2) is 5.76 Å². The highest BCUT2D eigenvalue weighted by Crippen LogP contribution is 2.30. The third kappa shape index (κ3) is 4.18. The van der Waals surface area contributed by atoms with Crippen molar-refractivity contribution in [2.75, 3.05) is 0 Å². The second kappa shape index (κ2) is 7.76. The first-order chi connectivity index (χ1) is 13.1. The molecule has 2 heterocycles. The van der Waals surface area contributed by atoms with Crippen molar-refractivity contribution in [3.8, 4) is 28.8 Å². The van der Waals surface area contributed by atoms with Crippen LogP contribution in [0, 0.1) is 0 Å². The Kier molecular flexibility index (Phi) is 5.20. The average Bonchev–Trinajstić information content (AvgIpc) is 3.30. The summed E-state index contributed by atoms with van der Waals surface area (Å²) in [6.07, 6.45) is 0. The molecule has 0 N–H and O–H groups in total. The Hall–Kier alpha value is -2.28. The zero-order valence-corrected chi connectivity index (χ0v) is 16.8. The highest BCUT2D eigenvalue weighted by atomic mass is 79.9. The number of benzene rings is 2. The molecule has 0 atom stereocenters. The Morgan fingerprint density at radius 3 is 2.59 bits per heavy atom. The van der Waals surface area contributed by atoms with Crippen LogP contribution in [0.1, 0.15) is 5.76 Å². The van der Waals surface area contributed by atoms with Crippen LogP contribution >= 0.6 is 39.1 Å². The van der Waals surface area contributed by atoms with Crippen molar-refractivity contribution < 1.29 is 13.7 Å². The molecule has 0 bridgehead atoms. The minimum absolute atomic E-state index is 0.255. The Morgan fingerprint density at radius 2 is 1.81 bits per heavy atom. The molecule has 4 aromatic rings. The van der Waals surface area contributed by atoms with E-state index in [1.807, 2.05) is 24.3 Å². The summed E-state index contributed by atoms with van der Waals surface area (Å²) < 4.78 is 17.7. The van der Waals surface area contributed by atoms with Gasteiger partial charge in [-0.3, -0.25) is 0 Å². The van der Waals surface area contributed by atoms with E-state index in [4.69, 9.17) is 36.9 Å². The molecule has 2 aromatic carbocycles. The Bertz CT molecular complexity index is 1080. The molecule has 0 aliphatic carbocycles. The number of nitrogens with zero attached hydrogens (tertiary/aromatic N) is 2. The Balaban J connectivity index is 1.48. The second-order valence-corrected chi connectivity index (χ2v) is 7.32.